The summed E-state index contributed by atoms with van der Waals surface area (Å²) in [5.41, 5.74) is 1.35. The van der Waals surface area contributed by atoms with Gasteiger partial charge in [-0.3, -0.25) is 9.69 Å². The van der Waals surface area contributed by atoms with Crippen LogP contribution in [0.3, 0.4) is 0 Å². The van der Waals surface area contributed by atoms with Gasteiger partial charge in [-0.05, 0) is 49.9 Å². The van der Waals surface area contributed by atoms with E-state index in [4.69, 9.17) is 0 Å². The van der Waals surface area contributed by atoms with E-state index in [1.807, 2.05) is 0 Å². The molecular weight excluding hydrogens is 316 g/mol. The largest absolute Gasteiger partial charge is 0.356 e. The summed E-state index contributed by atoms with van der Waals surface area (Å²) in [5, 5.41) is 2.95. The second-order valence-corrected chi connectivity index (χ2v) is 6.58. The highest BCUT2D eigenvalue weighted by atomic mass is 79.9. The van der Waals surface area contributed by atoms with E-state index in [-0.39, 0.29) is 5.91 Å². The number of nitrogens with one attached hydrogen (secondary N) is 1. The van der Waals surface area contributed by atoms with Gasteiger partial charge in [-0.25, -0.2) is 0 Å². The van der Waals surface area contributed by atoms with E-state index >= 15 is 0 Å². The zero-order valence-electron chi connectivity index (χ0n) is 12.2. The maximum absolute atomic E-state index is 11.0. The van der Waals surface area contributed by atoms with Gasteiger partial charge in [-0.15, -0.1) is 0 Å². The minimum atomic E-state index is 0.0723. The Morgan fingerprint density at radius 2 is 2.15 bits per heavy atom. The first-order chi connectivity index (χ1) is 9.56. The lowest BCUT2D eigenvalue weighted by molar-refractivity contribution is -0.119. The molecule has 2 atom stereocenters. The van der Waals surface area contributed by atoms with Crippen molar-refractivity contribution in [1.82, 2.24) is 10.2 Å². The molecule has 1 saturated heterocycles. The predicted octanol–water partition coefficient (Wildman–Crippen LogP) is 3.36. The number of nitrogens with zero attached hydrogens (tertiary/aromatic N) is 1. The van der Waals surface area contributed by atoms with Crippen LogP contribution >= 0.6 is 15.9 Å². The molecule has 1 N–H and O–H groups in total. The maximum Gasteiger partial charge on any atom is 0.216 e. The molecule has 1 aromatic rings. The molecule has 1 aliphatic rings. The number of halogens is 1. The molecule has 2 rings (SSSR count). The SMILES string of the molecule is CC(=O)NC[C@H]1CCCN([C@@H](C)c2ccc(Br)cc2)C1. The Kier molecular flexibility index (Phi) is 5.61. The third-order valence-electron chi connectivity index (χ3n) is 4.09. The fourth-order valence-corrected chi connectivity index (χ4v) is 3.12. The van der Waals surface area contributed by atoms with Crippen molar-refractivity contribution in [3.8, 4) is 0 Å². The molecule has 1 amide bonds. The van der Waals surface area contributed by atoms with Crippen molar-refractivity contribution in [3.05, 3.63) is 34.3 Å². The van der Waals surface area contributed by atoms with Gasteiger partial charge in [0.1, 0.15) is 0 Å². The molecule has 0 saturated carbocycles. The van der Waals surface area contributed by atoms with E-state index in [2.05, 4.69) is 57.3 Å². The molecular formula is C16H23BrN2O. The van der Waals surface area contributed by atoms with Crippen molar-refractivity contribution < 1.29 is 4.79 Å². The summed E-state index contributed by atoms with van der Waals surface area (Å²) in [5.74, 6) is 0.647. The fourth-order valence-electron chi connectivity index (χ4n) is 2.86. The van der Waals surface area contributed by atoms with Crippen molar-refractivity contribution in [2.24, 2.45) is 5.92 Å². The molecule has 1 aliphatic heterocycles. The van der Waals surface area contributed by atoms with Gasteiger partial charge in [-0.1, -0.05) is 28.1 Å². The zero-order valence-corrected chi connectivity index (χ0v) is 13.8. The van der Waals surface area contributed by atoms with Crippen LogP contribution in [0.5, 0.6) is 0 Å². The van der Waals surface area contributed by atoms with E-state index in [0.29, 0.717) is 12.0 Å². The van der Waals surface area contributed by atoms with Gasteiger partial charge >= 0.3 is 0 Å². The molecule has 1 aromatic carbocycles. The standard InChI is InChI=1S/C16H23BrN2O/c1-12(15-5-7-16(17)8-6-15)19-9-3-4-14(11-19)10-18-13(2)20/h5-8,12,14H,3-4,9-11H2,1-2H3,(H,18,20)/t12-,14+/m0/s1. The van der Waals surface area contributed by atoms with Crippen LogP contribution in [-0.2, 0) is 4.79 Å². The summed E-state index contributed by atoms with van der Waals surface area (Å²) in [6.45, 7) is 6.87. The molecule has 0 aliphatic carbocycles. The summed E-state index contributed by atoms with van der Waals surface area (Å²) in [4.78, 5) is 13.6. The lowest BCUT2D eigenvalue weighted by atomic mass is 9.95. The molecule has 1 heterocycles. The van der Waals surface area contributed by atoms with E-state index in [9.17, 15) is 4.79 Å². The second kappa shape index (κ2) is 7.23. The minimum absolute atomic E-state index is 0.0723. The van der Waals surface area contributed by atoms with Crippen LogP contribution in [0.1, 0.15) is 38.3 Å². The number of piperidine rings is 1. The summed E-state index contributed by atoms with van der Waals surface area (Å²) < 4.78 is 1.12. The van der Waals surface area contributed by atoms with Gasteiger partial charge in [-0.2, -0.15) is 0 Å². The van der Waals surface area contributed by atoms with Crippen LogP contribution in [0.2, 0.25) is 0 Å². The molecule has 110 valence electrons. The highest BCUT2D eigenvalue weighted by Gasteiger charge is 2.24. The topological polar surface area (TPSA) is 32.3 Å². The van der Waals surface area contributed by atoms with Gasteiger partial charge in [0.25, 0.3) is 0 Å². The smallest absolute Gasteiger partial charge is 0.216 e. The molecule has 0 radical (unpaired) electrons. The molecule has 20 heavy (non-hydrogen) atoms. The van der Waals surface area contributed by atoms with Crippen LogP contribution in [0, 0.1) is 5.92 Å². The predicted molar refractivity (Wildman–Crippen MR) is 85.5 cm³/mol. The van der Waals surface area contributed by atoms with Gasteiger partial charge in [0.15, 0.2) is 0 Å². The average Bonchev–Trinajstić information content (AvgIpc) is 2.45. The second-order valence-electron chi connectivity index (χ2n) is 5.67. The van der Waals surface area contributed by atoms with Crippen LogP contribution in [0.25, 0.3) is 0 Å². The van der Waals surface area contributed by atoms with Gasteiger partial charge < -0.3 is 5.32 Å². The van der Waals surface area contributed by atoms with Crippen LogP contribution in [0.15, 0.2) is 28.7 Å². The van der Waals surface area contributed by atoms with Gasteiger partial charge in [0.05, 0.1) is 0 Å². The first-order valence-corrected chi connectivity index (χ1v) is 8.09. The molecule has 0 spiro atoms. The van der Waals surface area contributed by atoms with Gasteiger partial charge in [0, 0.05) is 30.5 Å². The van der Waals surface area contributed by atoms with Crippen LogP contribution < -0.4 is 5.32 Å². The number of hydrogen-bond acceptors (Lipinski definition) is 2. The first-order valence-electron chi connectivity index (χ1n) is 7.30. The first kappa shape index (κ1) is 15.5. The molecule has 0 aromatic heterocycles. The Balaban J connectivity index is 1.94. The molecule has 0 unspecified atom stereocenters. The van der Waals surface area contributed by atoms with Gasteiger partial charge in [0.2, 0.25) is 5.91 Å². The summed E-state index contributed by atoms with van der Waals surface area (Å²) in [7, 11) is 0. The number of carbonyl (C=O) groups is 1. The number of benzene rings is 1. The number of hydrogen-bond donors (Lipinski definition) is 1. The normalized spacial score (nSPS) is 21.4. The maximum atomic E-state index is 11.0. The number of amides is 1. The molecule has 4 heteroatoms. The molecule has 0 bridgehead atoms. The Labute approximate surface area is 129 Å². The lowest BCUT2D eigenvalue weighted by Gasteiger charge is -2.37. The Morgan fingerprint density at radius 1 is 1.45 bits per heavy atom. The van der Waals surface area contributed by atoms with Crippen molar-refractivity contribution >= 4 is 21.8 Å². The number of likely N-dealkylation sites (tertiary alicyclic amines) is 1. The number of carbonyl (C=O) groups excluding carboxylic acids is 1. The van der Waals surface area contributed by atoms with Crippen LogP contribution in [-0.4, -0.2) is 30.4 Å². The zero-order chi connectivity index (χ0) is 14.5. The summed E-state index contributed by atoms with van der Waals surface area (Å²) in [6, 6.07) is 9.01. The third kappa shape index (κ3) is 4.32. The van der Waals surface area contributed by atoms with Crippen molar-refractivity contribution in [2.45, 2.75) is 32.7 Å². The highest BCUT2D eigenvalue weighted by molar-refractivity contribution is 9.10. The highest BCUT2D eigenvalue weighted by Crippen LogP contribution is 2.27. The summed E-state index contributed by atoms with van der Waals surface area (Å²) in [6.07, 6.45) is 2.43. The quantitative estimate of drug-likeness (QED) is 0.912. The molecule has 1 fully saturated rings. The fraction of sp³-hybridized carbons (Fsp3) is 0.562. The van der Waals surface area contributed by atoms with Crippen LogP contribution in [0.4, 0.5) is 0 Å². The lowest BCUT2D eigenvalue weighted by Crippen LogP contribution is -2.41. The van der Waals surface area contributed by atoms with Crippen molar-refractivity contribution in [2.75, 3.05) is 19.6 Å². The van der Waals surface area contributed by atoms with E-state index in [0.717, 1.165) is 24.1 Å². The minimum Gasteiger partial charge on any atom is -0.356 e. The van der Waals surface area contributed by atoms with Crippen molar-refractivity contribution in [3.63, 3.8) is 0 Å². The van der Waals surface area contributed by atoms with E-state index < -0.39 is 0 Å². The number of rotatable bonds is 4. The third-order valence-corrected chi connectivity index (χ3v) is 4.62. The molecule has 3 nitrogen and oxygen atoms in total. The Morgan fingerprint density at radius 3 is 2.80 bits per heavy atom. The van der Waals surface area contributed by atoms with E-state index in [1.165, 1.54) is 18.4 Å². The Hall–Kier alpha value is -0.870. The monoisotopic (exact) mass is 338 g/mol. The Bertz CT molecular complexity index is 446. The van der Waals surface area contributed by atoms with E-state index in [1.54, 1.807) is 6.92 Å². The summed E-state index contributed by atoms with van der Waals surface area (Å²) >= 11 is 3.48. The van der Waals surface area contributed by atoms with Crippen molar-refractivity contribution in [1.29, 1.82) is 0 Å². The average molecular weight is 339 g/mol.